The summed E-state index contributed by atoms with van der Waals surface area (Å²) in [5.74, 6) is 0.545. The molecule has 0 saturated heterocycles. The Morgan fingerprint density at radius 2 is 2.37 bits per heavy atom. The Morgan fingerprint density at radius 3 is 3.00 bits per heavy atom. The molecule has 0 saturated carbocycles. The smallest absolute Gasteiger partial charge is 0.304 e. The number of carboxylic acid groups (broad SMARTS) is 1. The van der Waals surface area contributed by atoms with Crippen LogP contribution >= 0.6 is 0 Å². The van der Waals surface area contributed by atoms with E-state index in [2.05, 4.69) is 10.1 Å². The summed E-state index contributed by atoms with van der Waals surface area (Å²) in [6.45, 7) is 3.58. The van der Waals surface area contributed by atoms with Gasteiger partial charge >= 0.3 is 5.97 Å². The van der Waals surface area contributed by atoms with Gasteiger partial charge < -0.3 is 14.0 Å². The topological polar surface area (TPSA) is 92.6 Å². The van der Waals surface area contributed by atoms with Crippen molar-refractivity contribution >= 4 is 5.97 Å². The highest BCUT2D eigenvalue weighted by Gasteiger charge is 2.14. The van der Waals surface area contributed by atoms with Crippen LogP contribution in [-0.2, 0) is 11.3 Å². The first-order chi connectivity index (χ1) is 9.19. The van der Waals surface area contributed by atoms with Gasteiger partial charge in [0, 0.05) is 6.54 Å². The molecular weight excluding hydrogens is 250 g/mol. The van der Waals surface area contributed by atoms with Gasteiger partial charge in [0.25, 0.3) is 5.89 Å². The van der Waals surface area contributed by atoms with E-state index in [1.165, 1.54) is 6.26 Å². The molecule has 1 N–H and O–H groups in total. The lowest BCUT2D eigenvalue weighted by molar-refractivity contribution is -0.137. The van der Waals surface area contributed by atoms with E-state index >= 15 is 0 Å². The SMILES string of the molecule is CCN(CCC(=O)O)Cc1noc(-c2ccco2)n1. The molecule has 7 nitrogen and oxygen atoms in total. The molecule has 0 fully saturated rings. The maximum atomic E-state index is 10.5. The lowest BCUT2D eigenvalue weighted by atomic mass is 10.3. The summed E-state index contributed by atoms with van der Waals surface area (Å²) >= 11 is 0. The summed E-state index contributed by atoms with van der Waals surface area (Å²) < 4.78 is 10.2. The maximum absolute atomic E-state index is 10.5. The van der Waals surface area contributed by atoms with Crippen molar-refractivity contribution < 1.29 is 18.8 Å². The molecule has 2 rings (SSSR count). The lowest BCUT2D eigenvalue weighted by Crippen LogP contribution is -2.26. The molecule has 0 aromatic carbocycles. The van der Waals surface area contributed by atoms with E-state index in [1.807, 2.05) is 11.8 Å². The first-order valence-corrected chi connectivity index (χ1v) is 5.99. The highest BCUT2D eigenvalue weighted by atomic mass is 16.5. The fraction of sp³-hybridized carbons (Fsp3) is 0.417. The van der Waals surface area contributed by atoms with E-state index in [0.717, 1.165) is 6.54 Å². The van der Waals surface area contributed by atoms with E-state index in [9.17, 15) is 4.79 Å². The Morgan fingerprint density at radius 1 is 1.53 bits per heavy atom. The van der Waals surface area contributed by atoms with Crippen molar-refractivity contribution in [2.75, 3.05) is 13.1 Å². The molecule has 0 aliphatic rings. The van der Waals surface area contributed by atoms with Gasteiger partial charge in [-0.3, -0.25) is 9.69 Å². The molecule has 0 radical (unpaired) electrons. The fourth-order valence-corrected chi connectivity index (χ4v) is 1.62. The van der Waals surface area contributed by atoms with E-state index in [4.69, 9.17) is 14.0 Å². The number of hydrogen-bond donors (Lipinski definition) is 1. The fourth-order valence-electron chi connectivity index (χ4n) is 1.62. The first-order valence-electron chi connectivity index (χ1n) is 5.99. The van der Waals surface area contributed by atoms with Crippen LogP contribution in [0.4, 0.5) is 0 Å². The van der Waals surface area contributed by atoms with Gasteiger partial charge in [-0.15, -0.1) is 0 Å². The van der Waals surface area contributed by atoms with Crippen molar-refractivity contribution in [2.24, 2.45) is 0 Å². The zero-order valence-electron chi connectivity index (χ0n) is 10.6. The summed E-state index contributed by atoms with van der Waals surface area (Å²) in [5.41, 5.74) is 0. The number of rotatable bonds is 7. The predicted molar refractivity (Wildman–Crippen MR) is 65.2 cm³/mol. The van der Waals surface area contributed by atoms with Gasteiger partial charge in [0.1, 0.15) is 0 Å². The normalized spacial score (nSPS) is 11.1. The van der Waals surface area contributed by atoms with Crippen molar-refractivity contribution in [1.29, 1.82) is 0 Å². The summed E-state index contributed by atoms with van der Waals surface area (Å²) in [4.78, 5) is 16.7. The maximum Gasteiger partial charge on any atom is 0.304 e. The molecule has 19 heavy (non-hydrogen) atoms. The molecule has 0 spiro atoms. The minimum Gasteiger partial charge on any atom is -0.481 e. The Kier molecular flexibility index (Phi) is 4.30. The van der Waals surface area contributed by atoms with Crippen molar-refractivity contribution in [2.45, 2.75) is 19.9 Å². The van der Waals surface area contributed by atoms with Crippen LogP contribution in [0.1, 0.15) is 19.2 Å². The molecule has 0 bridgehead atoms. The van der Waals surface area contributed by atoms with Gasteiger partial charge in [-0.05, 0) is 18.7 Å². The molecule has 0 aliphatic carbocycles. The number of carbonyl (C=O) groups is 1. The second-order valence-corrected chi connectivity index (χ2v) is 4.01. The Bertz CT molecular complexity index is 521. The van der Waals surface area contributed by atoms with Crippen LogP contribution in [0.3, 0.4) is 0 Å². The van der Waals surface area contributed by atoms with Gasteiger partial charge in [0.2, 0.25) is 0 Å². The summed E-state index contributed by atoms with van der Waals surface area (Å²) in [6, 6.07) is 3.48. The number of carboxylic acids is 1. The van der Waals surface area contributed by atoms with Gasteiger partial charge in [-0.2, -0.15) is 4.98 Å². The van der Waals surface area contributed by atoms with Crippen molar-refractivity contribution in [3.8, 4) is 11.7 Å². The van der Waals surface area contributed by atoms with Crippen molar-refractivity contribution in [1.82, 2.24) is 15.0 Å². The van der Waals surface area contributed by atoms with Crippen molar-refractivity contribution in [3.63, 3.8) is 0 Å². The molecule has 0 atom stereocenters. The highest BCUT2D eigenvalue weighted by Crippen LogP contribution is 2.17. The summed E-state index contributed by atoms with van der Waals surface area (Å²) in [7, 11) is 0. The quantitative estimate of drug-likeness (QED) is 0.813. The number of furan rings is 1. The zero-order chi connectivity index (χ0) is 13.7. The predicted octanol–water partition coefficient (Wildman–Crippen LogP) is 1.63. The monoisotopic (exact) mass is 265 g/mol. The van der Waals surface area contributed by atoms with E-state index < -0.39 is 5.97 Å². The Balaban J connectivity index is 1.96. The van der Waals surface area contributed by atoms with Crippen LogP contribution in [0.5, 0.6) is 0 Å². The van der Waals surface area contributed by atoms with Gasteiger partial charge in [0.15, 0.2) is 11.6 Å². The average molecular weight is 265 g/mol. The minimum atomic E-state index is -0.817. The second kappa shape index (κ2) is 6.14. The van der Waals surface area contributed by atoms with Crippen LogP contribution in [-0.4, -0.2) is 39.2 Å². The Labute approximate surface area is 109 Å². The second-order valence-electron chi connectivity index (χ2n) is 4.01. The molecule has 0 aliphatic heterocycles. The molecule has 102 valence electrons. The third kappa shape index (κ3) is 3.65. The van der Waals surface area contributed by atoms with Crippen LogP contribution in [0, 0.1) is 0 Å². The largest absolute Gasteiger partial charge is 0.481 e. The molecule has 2 aromatic rings. The molecule has 0 unspecified atom stereocenters. The molecule has 2 aromatic heterocycles. The standard InChI is InChI=1S/C12H15N3O4/c1-2-15(6-5-11(16)17)8-10-13-12(19-14-10)9-4-3-7-18-9/h3-4,7H,2,5-6,8H2,1H3,(H,16,17). The van der Waals surface area contributed by atoms with Gasteiger partial charge in [-0.1, -0.05) is 12.1 Å². The average Bonchev–Trinajstić information content (AvgIpc) is 3.04. The lowest BCUT2D eigenvalue weighted by Gasteiger charge is -2.16. The first kappa shape index (κ1) is 13.3. The molecule has 7 heteroatoms. The minimum absolute atomic E-state index is 0.0940. The van der Waals surface area contributed by atoms with E-state index in [0.29, 0.717) is 30.6 Å². The molecule has 2 heterocycles. The number of aromatic nitrogens is 2. The third-order valence-corrected chi connectivity index (χ3v) is 2.65. The van der Waals surface area contributed by atoms with Crippen LogP contribution in [0.15, 0.2) is 27.3 Å². The third-order valence-electron chi connectivity index (χ3n) is 2.65. The number of nitrogens with zero attached hydrogens (tertiary/aromatic N) is 3. The van der Waals surface area contributed by atoms with E-state index in [1.54, 1.807) is 12.1 Å². The van der Waals surface area contributed by atoms with Crippen LogP contribution in [0.25, 0.3) is 11.7 Å². The summed E-state index contributed by atoms with van der Waals surface area (Å²) in [5, 5.41) is 12.5. The number of aliphatic carboxylic acids is 1. The molecule has 0 amide bonds. The Hall–Kier alpha value is -2.15. The van der Waals surface area contributed by atoms with Crippen LogP contribution < -0.4 is 0 Å². The summed E-state index contributed by atoms with van der Waals surface area (Å²) in [6.07, 6.45) is 1.63. The van der Waals surface area contributed by atoms with E-state index in [-0.39, 0.29) is 6.42 Å². The zero-order valence-corrected chi connectivity index (χ0v) is 10.6. The number of hydrogen-bond acceptors (Lipinski definition) is 6. The van der Waals surface area contributed by atoms with Crippen LogP contribution in [0.2, 0.25) is 0 Å². The molecular formula is C12H15N3O4. The highest BCUT2D eigenvalue weighted by molar-refractivity contribution is 5.66. The van der Waals surface area contributed by atoms with Crippen molar-refractivity contribution in [3.05, 3.63) is 24.2 Å². The van der Waals surface area contributed by atoms with Gasteiger partial charge in [-0.25, -0.2) is 0 Å². The van der Waals surface area contributed by atoms with Gasteiger partial charge in [0.05, 0.1) is 19.2 Å².